The topological polar surface area (TPSA) is 118 Å². The molecule has 2 N–H and O–H groups in total. The molecule has 1 aromatic heterocycles. The van der Waals surface area contributed by atoms with E-state index in [1.807, 2.05) is 24.3 Å². The molecule has 0 unspecified atom stereocenters. The highest BCUT2D eigenvalue weighted by Crippen LogP contribution is 2.44. The van der Waals surface area contributed by atoms with E-state index < -0.39 is 24.6 Å². The molecule has 35 heavy (non-hydrogen) atoms. The highest BCUT2D eigenvalue weighted by molar-refractivity contribution is 7.11. The van der Waals surface area contributed by atoms with E-state index in [9.17, 15) is 14.4 Å². The molecule has 0 saturated carbocycles. The number of hydrogen-bond donors (Lipinski definition) is 2. The van der Waals surface area contributed by atoms with Gasteiger partial charge in [-0.15, -0.1) is 11.3 Å². The summed E-state index contributed by atoms with van der Waals surface area (Å²) in [6.07, 6.45) is -0.0962. The molecule has 4 rings (SSSR count). The zero-order chi connectivity index (χ0) is 24.9. The van der Waals surface area contributed by atoms with Gasteiger partial charge in [0.2, 0.25) is 0 Å². The minimum absolute atomic E-state index is 0.0105. The highest BCUT2D eigenvalue weighted by Gasteiger charge is 2.29. The molecule has 9 nitrogen and oxygen atoms in total. The number of thiazole rings is 1. The van der Waals surface area contributed by atoms with Gasteiger partial charge in [0, 0.05) is 30.8 Å². The molecular weight excluding hydrogens is 470 g/mol. The number of ether oxygens (including phenoxy) is 1. The van der Waals surface area contributed by atoms with Crippen molar-refractivity contribution in [3.8, 4) is 11.1 Å². The van der Waals surface area contributed by atoms with E-state index in [-0.39, 0.29) is 18.2 Å². The Kier molecular flexibility index (Phi) is 7.42. The third-order valence-electron chi connectivity index (χ3n) is 5.66. The first kappa shape index (κ1) is 24.4. The van der Waals surface area contributed by atoms with Gasteiger partial charge in [-0.3, -0.25) is 9.63 Å². The average Bonchev–Trinajstić information content (AvgIpc) is 3.38. The predicted molar refractivity (Wildman–Crippen MR) is 129 cm³/mol. The summed E-state index contributed by atoms with van der Waals surface area (Å²) in [4.78, 5) is 45.3. The number of alkyl carbamates (subject to hydrolysis) is 1. The van der Waals surface area contributed by atoms with Crippen molar-refractivity contribution in [3.05, 3.63) is 75.2 Å². The average molecular weight is 496 g/mol. The van der Waals surface area contributed by atoms with Crippen molar-refractivity contribution >= 4 is 29.3 Å². The SMILES string of the molecule is Cc1sc(CCNC(=O)OCC2c3ccccc3-c3ccccc32)nc1C(=O)N(C)OCC(=O)O. The number of aliphatic carboxylic acids is 1. The van der Waals surface area contributed by atoms with Crippen LogP contribution >= 0.6 is 11.3 Å². The first-order valence-electron chi connectivity index (χ1n) is 11.0. The zero-order valence-electron chi connectivity index (χ0n) is 19.3. The number of nitrogens with zero attached hydrogens (tertiary/aromatic N) is 2. The van der Waals surface area contributed by atoms with Crippen molar-refractivity contribution < 1.29 is 29.1 Å². The second-order valence-corrected chi connectivity index (χ2v) is 9.27. The monoisotopic (exact) mass is 495 g/mol. The van der Waals surface area contributed by atoms with Crippen molar-refractivity contribution in [3.63, 3.8) is 0 Å². The number of hydroxylamine groups is 2. The largest absolute Gasteiger partial charge is 0.479 e. The van der Waals surface area contributed by atoms with Crippen molar-refractivity contribution in [2.45, 2.75) is 19.3 Å². The minimum atomic E-state index is -1.18. The second kappa shape index (κ2) is 10.7. The maximum Gasteiger partial charge on any atom is 0.407 e. The lowest BCUT2D eigenvalue weighted by molar-refractivity contribution is -0.159. The summed E-state index contributed by atoms with van der Waals surface area (Å²) in [6.45, 7) is 1.65. The molecule has 182 valence electrons. The molecule has 1 aliphatic rings. The number of rotatable bonds is 9. The molecule has 2 aromatic carbocycles. The molecule has 1 aliphatic carbocycles. The van der Waals surface area contributed by atoms with E-state index in [1.165, 1.54) is 29.5 Å². The van der Waals surface area contributed by atoms with Gasteiger partial charge >= 0.3 is 12.1 Å². The van der Waals surface area contributed by atoms with Gasteiger partial charge in [0.25, 0.3) is 5.91 Å². The summed E-state index contributed by atoms with van der Waals surface area (Å²) >= 11 is 1.33. The van der Waals surface area contributed by atoms with Crippen LogP contribution in [0.5, 0.6) is 0 Å². The van der Waals surface area contributed by atoms with Gasteiger partial charge in [0.15, 0.2) is 6.61 Å². The number of benzene rings is 2. The third-order valence-corrected chi connectivity index (χ3v) is 6.69. The van der Waals surface area contributed by atoms with Crippen LogP contribution in [0.4, 0.5) is 4.79 Å². The summed E-state index contributed by atoms with van der Waals surface area (Å²) in [5, 5.41) is 12.9. The minimum Gasteiger partial charge on any atom is -0.479 e. The quantitative estimate of drug-likeness (QED) is 0.435. The first-order chi connectivity index (χ1) is 16.8. The first-order valence-corrected chi connectivity index (χ1v) is 11.8. The molecule has 10 heteroatoms. The molecule has 0 bridgehead atoms. The van der Waals surface area contributed by atoms with Crippen molar-refractivity contribution in [2.24, 2.45) is 0 Å². The van der Waals surface area contributed by atoms with Crippen LogP contribution in [0.3, 0.4) is 0 Å². The second-order valence-electron chi connectivity index (χ2n) is 7.98. The summed E-state index contributed by atoms with van der Waals surface area (Å²) in [7, 11) is 1.34. The van der Waals surface area contributed by atoms with Crippen molar-refractivity contribution in [1.82, 2.24) is 15.4 Å². The predicted octanol–water partition coefficient (Wildman–Crippen LogP) is 3.62. The molecule has 1 heterocycles. The van der Waals surface area contributed by atoms with Crippen LogP contribution in [-0.4, -0.2) is 59.9 Å². The standard InChI is InChI=1S/C25H25N3O6S/c1-15-23(24(31)28(2)34-14-22(29)30)27-21(35-15)11-12-26-25(32)33-13-20-18-9-5-3-7-16(18)17-8-4-6-10-19(17)20/h3-10,20H,11-14H2,1-2H3,(H,26,32)(H,29,30). The molecule has 0 aliphatic heterocycles. The number of aromatic nitrogens is 1. The molecule has 3 aromatic rings. The zero-order valence-corrected chi connectivity index (χ0v) is 20.1. The van der Waals surface area contributed by atoms with Gasteiger partial charge in [-0.05, 0) is 29.2 Å². The molecule has 0 radical (unpaired) electrons. The van der Waals surface area contributed by atoms with Crippen LogP contribution in [0.2, 0.25) is 0 Å². The summed E-state index contributed by atoms with van der Waals surface area (Å²) in [6, 6.07) is 16.3. The molecule has 0 saturated heterocycles. The summed E-state index contributed by atoms with van der Waals surface area (Å²) in [5.74, 6) is -1.72. The van der Waals surface area contributed by atoms with Gasteiger partial charge < -0.3 is 15.2 Å². The molecule has 0 atom stereocenters. The van der Waals surface area contributed by atoms with Gasteiger partial charge in [0.1, 0.15) is 12.3 Å². The fourth-order valence-electron chi connectivity index (χ4n) is 4.04. The number of aryl methyl sites for hydroxylation is 1. The lowest BCUT2D eigenvalue weighted by Crippen LogP contribution is -2.30. The van der Waals surface area contributed by atoms with E-state index in [2.05, 4.69) is 34.6 Å². The maximum absolute atomic E-state index is 12.4. The van der Waals surface area contributed by atoms with Crippen LogP contribution in [0.25, 0.3) is 11.1 Å². The van der Waals surface area contributed by atoms with Crippen molar-refractivity contribution in [2.75, 3.05) is 26.8 Å². The Bertz CT molecular complexity index is 1210. The Labute approximate surface area is 206 Å². The maximum atomic E-state index is 12.4. The van der Waals surface area contributed by atoms with Gasteiger partial charge in [-0.25, -0.2) is 19.6 Å². The van der Waals surface area contributed by atoms with Crippen molar-refractivity contribution in [1.29, 1.82) is 0 Å². The Hall–Kier alpha value is -3.76. The highest BCUT2D eigenvalue weighted by atomic mass is 32.1. The number of carbonyl (C=O) groups is 3. The molecular formula is C25H25N3O6S. The number of fused-ring (bicyclic) bond motifs is 3. The lowest BCUT2D eigenvalue weighted by Gasteiger charge is -2.14. The van der Waals surface area contributed by atoms with Gasteiger partial charge in [-0.1, -0.05) is 48.5 Å². The smallest absolute Gasteiger partial charge is 0.407 e. The molecule has 2 amide bonds. The van der Waals surface area contributed by atoms with Crippen LogP contribution < -0.4 is 5.32 Å². The van der Waals surface area contributed by atoms with E-state index in [0.29, 0.717) is 22.9 Å². The van der Waals surface area contributed by atoms with E-state index in [4.69, 9.17) is 14.7 Å². The molecule has 0 fully saturated rings. The van der Waals surface area contributed by atoms with Crippen LogP contribution in [-0.2, 0) is 20.8 Å². The van der Waals surface area contributed by atoms with E-state index in [1.54, 1.807) is 6.92 Å². The number of carbonyl (C=O) groups excluding carboxylic acids is 2. The van der Waals surface area contributed by atoms with Gasteiger partial charge in [0.05, 0.1) is 5.01 Å². The van der Waals surface area contributed by atoms with E-state index in [0.717, 1.165) is 16.2 Å². The summed E-state index contributed by atoms with van der Waals surface area (Å²) < 4.78 is 5.53. The lowest BCUT2D eigenvalue weighted by atomic mass is 9.98. The van der Waals surface area contributed by atoms with E-state index >= 15 is 0 Å². The van der Waals surface area contributed by atoms with Crippen LogP contribution in [0.15, 0.2) is 48.5 Å². The van der Waals surface area contributed by atoms with Crippen LogP contribution in [0, 0.1) is 6.92 Å². The van der Waals surface area contributed by atoms with Crippen LogP contribution in [0.1, 0.15) is 37.4 Å². The number of carboxylic acid groups (broad SMARTS) is 1. The number of carboxylic acids is 1. The molecule has 0 spiro atoms. The Balaban J connectivity index is 1.28. The summed E-state index contributed by atoms with van der Waals surface area (Å²) in [5.41, 5.74) is 4.82. The Morgan fingerprint density at radius 3 is 2.34 bits per heavy atom. The Morgan fingerprint density at radius 2 is 1.71 bits per heavy atom. The fourth-order valence-corrected chi connectivity index (χ4v) is 4.96. The fraction of sp³-hybridized carbons (Fsp3) is 0.280. The number of amides is 2. The number of nitrogens with one attached hydrogen (secondary N) is 1. The Morgan fingerprint density at radius 1 is 1.09 bits per heavy atom. The third kappa shape index (κ3) is 5.50. The normalized spacial score (nSPS) is 12.1. The number of hydrogen-bond acceptors (Lipinski definition) is 7. The van der Waals surface area contributed by atoms with Gasteiger partial charge in [-0.2, -0.15) is 0 Å².